The fourth-order valence-corrected chi connectivity index (χ4v) is 2.75. The molecule has 1 fully saturated rings. The van der Waals surface area contributed by atoms with E-state index in [4.69, 9.17) is 11.6 Å². The van der Waals surface area contributed by atoms with Crippen LogP contribution in [0.2, 0.25) is 5.15 Å². The highest BCUT2D eigenvalue weighted by Crippen LogP contribution is 2.17. The minimum Gasteiger partial charge on any atom is -0.306 e. The van der Waals surface area contributed by atoms with E-state index in [1.165, 1.54) is 25.9 Å². The average Bonchev–Trinajstić information content (AvgIpc) is 2.32. The van der Waals surface area contributed by atoms with Gasteiger partial charge in [0.05, 0.1) is 5.69 Å². The number of aromatic nitrogens is 1. The van der Waals surface area contributed by atoms with Gasteiger partial charge in [-0.2, -0.15) is 0 Å². The van der Waals surface area contributed by atoms with Gasteiger partial charge in [-0.25, -0.2) is 4.98 Å². The fourth-order valence-electron chi connectivity index (χ4n) is 2.56. The summed E-state index contributed by atoms with van der Waals surface area (Å²) in [4.78, 5) is 9.10. The van der Waals surface area contributed by atoms with Crippen molar-refractivity contribution in [2.24, 2.45) is 5.92 Å². The molecule has 1 aromatic rings. The van der Waals surface area contributed by atoms with E-state index in [9.17, 15) is 0 Å². The van der Waals surface area contributed by atoms with Crippen LogP contribution in [0.25, 0.3) is 0 Å². The zero-order valence-corrected chi connectivity index (χ0v) is 12.0. The molecule has 0 radical (unpaired) electrons. The predicted molar refractivity (Wildman–Crippen MR) is 75.8 cm³/mol. The molecule has 100 valence electrons. The van der Waals surface area contributed by atoms with Crippen LogP contribution < -0.4 is 0 Å². The smallest absolute Gasteiger partial charge is 0.129 e. The maximum Gasteiger partial charge on any atom is 0.129 e. The lowest BCUT2D eigenvalue weighted by atomic mass is 9.96. The van der Waals surface area contributed by atoms with E-state index in [1.807, 2.05) is 18.2 Å². The van der Waals surface area contributed by atoms with Crippen LogP contribution in [0.1, 0.15) is 18.5 Å². The Morgan fingerprint density at radius 3 is 2.78 bits per heavy atom. The van der Waals surface area contributed by atoms with Gasteiger partial charge in [0.1, 0.15) is 5.15 Å². The quantitative estimate of drug-likeness (QED) is 0.782. The summed E-state index contributed by atoms with van der Waals surface area (Å²) in [6.45, 7) is 4.50. The number of pyridine rings is 1. The minimum absolute atomic E-state index is 0.584. The second-order valence-corrected chi connectivity index (χ2v) is 5.78. The van der Waals surface area contributed by atoms with E-state index >= 15 is 0 Å². The number of piperidine rings is 1. The summed E-state index contributed by atoms with van der Waals surface area (Å²) >= 11 is 5.90. The van der Waals surface area contributed by atoms with Gasteiger partial charge in [-0.3, -0.25) is 0 Å². The molecule has 3 nitrogen and oxygen atoms in total. The Morgan fingerprint density at radius 2 is 2.11 bits per heavy atom. The van der Waals surface area contributed by atoms with E-state index in [-0.39, 0.29) is 0 Å². The van der Waals surface area contributed by atoms with Crippen LogP contribution in [0.3, 0.4) is 0 Å². The highest BCUT2D eigenvalue weighted by molar-refractivity contribution is 6.29. The van der Waals surface area contributed by atoms with Gasteiger partial charge < -0.3 is 9.80 Å². The Labute approximate surface area is 115 Å². The molecule has 0 unspecified atom stereocenters. The van der Waals surface area contributed by atoms with E-state index < -0.39 is 0 Å². The van der Waals surface area contributed by atoms with Crippen molar-refractivity contribution in [1.82, 2.24) is 14.8 Å². The molecule has 2 heterocycles. The summed E-state index contributed by atoms with van der Waals surface area (Å²) in [5.74, 6) is 0.824. The molecule has 0 bridgehead atoms. The topological polar surface area (TPSA) is 19.4 Å². The van der Waals surface area contributed by atoms with Crippen molar-refractivity contribution in [2.75, 3.05) is 33.7 Å². The molecular formula is C14H22ClN3. The second kappa shape index (κ2) is 6.50. The van der Waals surface area contributed by atoms with Crippen molar-refractivity contribution in [3.05, 3.63) is 29.0 Å². The van der Waals surface area contributed by atoms with Crippen LogP contribution in [-0.2, 0) is 6.54 Å². The van der Waals surface area contributed by atoms with Crippen LogP contribution in [-0.4, -0.2) is 48.5 Å². The fraction of sp³-hybridized carbons (Fsp3) is 0.643. The number of hydrogen-bond acceptors (Lipinski definition) is 3. The van der Waals surface area contributed by atoms with Crippen LogP contribution >= 0.6 is 11.6 Å². The standard InChI is InChI=1S/C14H22ClN3/c1-17-8-6-12(7-9-17)10-18(2)11-13-4-3-5-14(15)16-13/h3-5,12H,6-11H2,1-2H3. The molecule has 1 saturated heterocycles. The van der Waals surface area contributed by atoms with Crippen LogP contribution in [0.4, 0.5) is 0 Å². The summed E-state index contributed by atoms with van der Waals surface area (Å²) < 4.78 is 0. The first kappa shape index (κ1) is 13.8. The third-order valence-corrected chi connectivity index (χ3v) is 3.82. The van der Waals surface area contributed by atoms with Crippen LogP contribution in [0.15, 0.2) is 18.2 Å². The molecule has 0 aliphatic carbocycles. The third kappa shape index (κ3) is 4.23. The number of likely N-dealkylation sites (tertiary alicyclic amines) is 1. The molecule has 1 aromatic heterocycles. The predicted octanol–water partition coefficient (Wildman–Crippen LogP) is 2.51. The van der Waals surface area contributed by atoms with Crippen LogP contribution in [0, 0.1) is 5.92 Å². The van der Waals surface area contributed by atoms with Gasteiger partial charge in [-0.15, -0.1) is 0 Å². The van der Waals surface area contributed by atoms with Gasteiger partial charge >= 0.3 is 0 Å². The lowest BCUT2D eigenvalue weighted by Gasteiger charge is -2.31. The summed E-state index contributed by atoms with van der Waals surface area (Å²) in [6.07, 6.45) is 2.62. The summed E-state index contributed by atoms with van der Waals surface area (Å²) in [6, 6.07) is 5.83. The zero-order valence-electron chi connectivity index (χ0n) is 11.3. The van der Waals surface area contributed by atoms with E-state index in [0.29, 0.717) is 5.15 Å². The Balaban J connectivity index is 1.80. The van der Waals surface area contributed by atoms with E-state index in [2.05, 4.69) is 28.9 Å². The van der Waals surface area contributed by atoms with Gasteiger partial charge in [-0.1, -0.05) is 17.7 Å². The lowest BCUT2D eigenvalue weighted by molar-refractivity contribution is 0.172. The van der Waals surface area contributed by atoms with Gasteiger partial charge in [-0.05, 0) is 58.1 Å². The lowest BCUT2D eigenvalue weighted by Crippen LogP contribution is -2.35. The van der Waals surface area contributed by atoms with E-state index in [0.717, 1.165) is 24.7 Å². The first-order chi connectivity index (χ1) is 8.63. The Bertz CT molecular complexity index is 375. The average molecular weight is 268 g/mol. The summed E-state index contributed by atoms with van der Waals surface area (Å²) in [7, 11) is 4.37. The summed E-state index contributed by atoms with van der Waals surface area (Å²) in [5.41, 5.74) is 1.05. The zero-order chi connectivity index (χ0) is 13.0. The van der Waals surface area contributed by atoms with Crippen LogP contribution in [0.5, 0.6) is 0 Å². The minimum atomic E-state index is 0.584. The first-order valence-electron chi connectivity index (χ1n) is 6.62. The van der Waals surface area contributed by atoms with Gasteiger partial charge in [0.15, 0.2) is 0 Å². The Kier molecular flexibility index (Phi) is 4.98. The van der Waals surface area contributed by atoms with Gasteiger partial charge in [0, 0.05) is 13.1 Å². The van der Waals surface area contributed by atoms with E-state index in [1.54, 1.807) is 0 Å². The van der Waals surface area contributed by atoms with Crippen molar-refractivity contribution in [1.29, 1.82) is 0 Å². The molecule has 1 aliphatic heterocycles. The molecule has 0 saturated carbocycles. The maximum atomic E-state index is 5.90. The maximum absolute atomic E-state index is 5.90. The number of halogens is 1. The number of hydrogen-bond donors (Lipinski definition) is 0. The second-order valence-electron chi connectivity index (χ2n) is 5.40. The normalized spacial score (nSPS) is 18.4. The first-order valence-corrected chi connectivity index (χ1v) is 7.00. The Hall–Kier alpha value is -0.640. The monoisotopic (exact) mass is 267 g/mol. The molecule has 18 heavy (non-hydrogen) atoms. The third-order valence-electron chi connectivity index (χ3n) is 3.61. The highest BCUT2D eigenvalue weighted by atomic mass is 35.5. The highest BCUT2D eigenvalue weighted by Gasteiger charge is 2.18. The molecule has 0 aromatic carbocycles. The summed E-state index contributed by atoms with van der Waals surface area (Å²) in [5, 5.41) is 0.584. The molecule has 0 amide bonds. The molecule has 4 heteroatoms. The van der Waals surface area contributed by atoms with Gasteiger partial charge in [0.2, 0.25) is 0 Å². The van der Waals surface area contributed by atoms with Crippen molar-refractivity contribution < 1.29 is 0 Å². The Morgan fingerprint density at radius 1 is 1.39 bits per heavy atom. The number of nitrogens with zero attached hydrogens (tertiary/aromatic N) is 3. The van der Waals surface area contributed by atoms with Crippen molar-refractivity contribution in [3.63, 3.8) is 0 Å². The molecule has 0 spiro atoms. The van der Waals surface area contributed by atoms with Crippen molar-refractivity contribution >= 4 is 11.6 Å². The SMILES string of the molecule is CN1CCC(CN(C)Cc2cccc(Cl)n2)CC1. The molecular weight excluding hydrogens is 246 g/mol. The number of rotatable bonds is 4. The molecule has 1 aliphatic rings. The molecule has 0 atom stereocenters. The molecule has 2 rings (SSSR count). The van der Waals surface area contributed by atoms with Gasteiger partial charge in [0.25, 0.3) is 0 Å². The largest absolute Gasteiger partial charge is 0.306 e. The van der Waals surface area contributed by atoms with Crippen molar-refractivity contribution in [2.45, 2.75) is 19.4 Å². The molecule has 0 N–H and O–H groups in total. The van der Waals surface area contributed by atoms with Crippen molar-refractivity contribution in [3.8, 4) is 0 Å².